The van der Waals surface area contributed by atoms with Gasteiger partial charge in [-0.1, -0.05) is 35.3 Å². The smallest absolute Gasteiger partial charge is 0.325 e. The zero-order valence-corrected chi connectivity index (χ0v) is 10.7. The molecule has 0 saturated heterocycles. The van der Waals surface area contributed by atoms with Crippen LogP contribution in [-0.4, -0.2) is 28.7 Å². The van der Waals surface area contributed by atoms with E-state index in [9.17, 15) is 9.59 Å². The number of nitrogens with one attached hydrogen (secondary N) is 1. The molecule has 0 amide bonds. The Morgan fingerprint density at radius 2 is 1.94 bits per heavy atom. The lowest BCUT2D eigenvalue weighted by atomic mass is 10.1. The normalized spacial score (nSPS) is 12.1. The molecule has 0 bridgehead atoms. The molecule has 18 heavy (non-hydrogen) atoms. The lowest BCUT2D eigenvalue weighted by molar-refractivity contribution is -0.141. The molecule has 1 aromatic rings. The van der Waals surface area contributed by atoms with Crippen LogP contribution in [0.25, 0.3) is 0 Å². The SMILES string of the molecule is O=C(O)CCNC(C(=O)O)c1cccc(Cl)c1Cl. The van der Waals surface area contributed by atoms with Crippen molar-refractivity contribution in [2.24, 2.45) is 0 Å². The summed E-state index contributed by atoms with van der Waals surface area (Å²) < 4.78 is 0. The highest BCUT2D eigenvalue weighted by Crippen LogP contribution is 2.30. The second kappa shape index (κ2) is 6.58. The summed E-state index contributed by atoms with van der Waals surface area (Å²) in [6.07, 6.45) is -0.179. The summed E-state index contributed by atoms with van der Waals surface area (Å²) in [7, 11) is 0. The molecule has 1 aromatic carbocycles. The van der Waals surface area contributed by atoms with Crippen molar-refractivity contribution in [2.45, 2.75) is 12.5 Å². The van der Waals surface area contributed by atoms with E-state index in [4.69, 9.17) is 33.4 Å². The Bertz CT molecular complexity index is 464. The van der Waals surface area contributed by atoms with Gasteiger partial charge in [0.15, 0.2) is 0 Å². The van der Waals surface area contributed by atoms with Crippen molar-refractivity contribution < 1.29 is 19.8 Å². The fraction of sp³-hybridized carbons (Fsp3) is 0.273. The molecule has 0 saturated carbocycles. The van der Waals surface area contributed by atoms with Gasteiger partial charge in [-0.15, -0.1) is 0 Å². The number of benzene rings is 1. The Morgan fingerprint density at radius 1 is 1.28 bits per heavy atom. The summed E-state index contributed by atoms with van der Waals surface area (Å²) in [6, 6.07) is 3.57. The van der Waals surface area contributed by atoms with Gasteiger partial charge in [0.2, 0.25) is 0 Å². The Balaban J connectivity index is 2.88. The van der Waals surface area contributed by atoms with Crippen LogP contribution in [0.3, 0.4) is 0 Å². The molecule has 0 aliphatic heterocycles. The summed E-state index contributed by atoms with van der Waals surface area (Å²) >= 11 is 11.7. The molecule has 0 radical (unpaired) electrons. The van der Waals surface area contributed by atoms with Gasteiger partial charge in [0.25, 0.3) is 0 Å². The first-order chi connectivity index (χ1) is 8.43. The number of carboxylic acids is 2. The fourth-order valence-corrected chi connectivity index (χ4v) is 1.81. The second-order valence-electron chi connectivity index (χ2n) is 3.51. The minimum absolute atomic E-state index is 0.0230. The average molecular weight is 292 g/mol. The zero-order valence-electron chi connectivity index (χ0n) is 9.19. The Labute approximate surface area is 113 Å². The van der Waals surface area contributed by atoms with Crippen molar-refractivity contribution in [1.82, 2.24) is 5.32 Å². The van der Waals surface area contributed by atoms with Crippen LogP contribution in [0.5, 0.6) is 0 Å². The maximum absolute atomic E-state index is 11.1. The van der Waals surface area contributed by atoms with Gasteiger partial charge < -0.3 is 15.5 Å². The van der Waals surface area contributed by atoms with Crippen molar-refractivity contribution in [3.05, 3.63) is 33.8 Å². The molecular weight excluding hydrogens is 281 g/mol. The van der Waals surface area contributed by atoms with Crippen LogP contribution >= 0.6 is 23.2 Å². The molecule has 0 aromatic heterocycles. The van der Waals surface area contributed by atoms with E-state index in [1.54, 1.807) is 12.1 Å². The van der Waals surface area contributed by atoms with Crippen LogP contribution in [0.1, 0.15) is 18.0 Å². The zero-order chi connectivity index (χ0) is 13.7. The first-order valence-corrected chi connectivity index (χ1v) is 5.81. The van der Waals surface area contributed by atoms with Crippen LogP contribution < -0.4 is 5.32 Å². The van der Waals surface area contributed by atoms with Crippen molar-refractivity contribution >= 4 is 35.1 Å². The van der Waals surface area contributed by atoms with Gasteiger partial charge in [-0.25, -0.2) is 0 Å². The number of halogens is 2. The minimum Gasteiger partial charge on any atom is -0.481 e. The monoisotopic (exact) mass is 291 g/mol. The highest BCUT2D eigenvalue weighted by Gasteiger charge is 2.22. The Hall–Kier alpha value is -1.30. The lowest BCUT2D eigenvalue weighted by Gasteiger charge is -2.16. The maximum atomic E-state index is 11.1. The van der Waals surface area contributed by atoms with Crippen LogP contribution in [0, 0.1) is 0 Å². The molecule has 0 fully saturated rings. The lowest BCUT2D eigenvalue weighted by Crippen LogP contribution is -2.30. The maximum Gasteiger partial charge on any atom is 0.325 e. The number of aliphatic carboxylic acids is 2. The summed E-state index contributed by atoms with van der Waals surface area (Å²) in [5, 5.41) is 20.6. The molecule has 0 heterocycles. The van der Waals surface area contributed by atoms with E-state index >= 15 is 0 Å². The summed E-state index contributed by atoms with van der Waals surface area (Å²) in [5.41, 5.74) is 0.307. The molecule has 1 atom stereocenters. The van der Waals surface area contributed by atoms with E-state index in [0.717, 1.165) is 0 Å². The Kier molecular flexibility index (Phi) is 5.40. The first-order valence-electron chi connectivity index (χ1n) is 5.05. The highest BCUT2D eigenvalue weighted by molar-refractivity contribution is 6.42. The molecular formula is C11H11Cl2NO4. The quantitative estimate of drug-likeness (QED) is 0.748. The predicted octanol–water partition coefficient (Wildman–Crippen LogP) is 2.18. The molecule has 98 valence electrons. The molecule has 3 N–H and O–H groups in total. The molecule has 0 spiro atoms. The predicted molar refractivity (Wildman–Crippen MR) is 67.1 cm³/mol. The third-order valence-electron chi connectivity index (χ3n) is 2.23. The van der Waals surface area contributed by atoms with Gasteiger partial charge in [-0.3, -0.25) is 9.59 Å². The molecule has 7 heteroatoms. The van der Waals surface area contributed by atoms with Gasteiger partial charge in [0, 0.05) is 12.1 Å². The topological polar surface area (TPSA) is 86.6 Å². The number of carbonyl (C=O) groups is 2. The highest BCUT2D eigenvalue weighted by atomic mass is 35.5. The van der Waals surface area contributed by atoms with Crippen molar-refractivity contribution in [2.75, 3.05) is 6.54 Å². The first kappa shape index (κ1) is 14.8. The van der Waals surface area contributed by atoms with Crippen molar-refractivity contribution in [3.8, 4) is 0 Å². The number of carboxylic acid groups (broad SMARTS) is 2. The standard InChI is InChI=1S/C11H11Cl2NO4/c12-7-3-1-2-6(9(7)13)10(11(17)18)14-5-4-8(15)16/h1-3,10,14H,4-5H2,(H,15,16)(H,17,18). The largest absolute Gasteiger partial charge is 0.481 e. The van der Waals surface area contributed by atoms with Crippen LogP contribution in [0.15, 0.2) is 18.2 Å². The third-order valence-corrected chi connectivity index (χ3v) is 3.06. The van der Waals surface area contributed by atoms with Gasteiger partial charge in [0.05, 0.1) is 16.5 Å². The van der Waals surface area contributed by atoms with Gasteiger partial charge in [-0.2, -0.15) is 0 Å². The van der Waals surface area contributed by atoms with Crippen LogP contribution in [0.4, 0.5) is 0 Å². The van der Waals surface area contributed by atoms with Crippen molar-refractivity contribution in [1.29, 1.82) is 0 Å². The second-order valence-corrected chi connectivity index (χ2v) is 4.30. The Morgan fingerprint density at radius 3 is 2.50 bits per heavy atom. The molecule has 5 nitrogen and oxygen atoms in total. The fourth-order valence-electron chi connectivity index (χ4n) is 1.40. The molecule has 1 rings (SSSR count). The van der Waals surface area contributed by atoms with Gasteiger partial charge >= 0.3 is 11.9 Å². The average Bonchev–Trinajstić information content (AvgIpc) is 2.28. The van der Waals surface area contributed by atoms with E-state index in [-0.39, 0.29) is 23.0 Å². The number of rotatable bonds is 6. The molecule has 1 unspecified atom stereocenters. The van der Waals surface area contributed by atoms with Crippen LogP contribution in [0.2, 0.25) is 10.0 Å². The van der Waals surface area contributed by atoms with E-state index < -0.39 is 18.0 Å². The molecule has 0 aliphatic rings. The van der Waals surface area contributed by atoms with E-state index in [1.165, 1.54) is 6.07 Å². The number of hydrogen-bond acceptors (Lipinski definition) is 3. The summed E-state index contributed by atoms with van der Waals surface area (Å²) in [4.78, 5) is 21.5. The van der Waals surface area contributed by atoms with Gasteiger partial charge in [0.1, 0.15) is 6.04 Å². The van der Waals surface area contributed by atoms with E-state index in [2.05, 4.69) is 5.32 Å². The van der Waals surface area contributed by atoms with Crippen molar-refractivity contribution in [3.63, 3.8) is 0 Å². The summed E-state index contributed by atoms with van der Waals surface area (Å²) in [6.45, 7) is 0.0230. The van der Waals surface area contributed by atoms with E-state index in [1.807, 2.05) is 0 Å². The summed E-state index contributed by atoms with van der Waals surface area (Å²) in [5.74, 6) is -2.16. The van der Waals surface area contributed by atoms with Gasteiger partial charge in [-0.05, 0) is 6.07 Å². The van der Waals surface area contributed by atoms with E-state index in [0.29, 0.717) is 5.56 Å². The third kappa shape index (κ3) is 3.87. The van der Waals surface area contributed by atoms with Crippen LogP contribution in [-0.2, 0) is 9.59 Å². The molecule has 0 aliphatic carbocycles. The minimum atomic E-state index is -1.15. The number of hydrogen-bond donors (Lipinski definition) is 3.